The standard InChI is InChI=1S/C21H28N6O3/c1-12-17(13(2)30-25-12)8-18(28)26-7-6-21(20-22-14(3)23-24-20)11-27(10-16(21)9-26)19(29)15-4-5-15/h15-16H,4-11H2,1-3H3,(H,22,23,24)/t16-,21-/m1/s1. The van der Waals surface area contributed by atoms with Crippen LogP contribution < -0.4 is 0 Å². The predicted octanol–water partition coefficient (Wildman–Crippen LogP) is 1.30. The number of nitrogens with one attached hydrogen (secondary N) is 1. The predicted molar refractivity (Wildman–Crippen MR) is 106 cm³/mol. The molecule has 2 saturated heterocycles. The highest BCUT2D eigenvalue weighted by Gasteiger charge is 2.55. The van der Waals surface area contributed by atoms with Gasteiger partial charge in [-0.3, -0.25) is 14.7 Å². The summed E-state index contributed by atoms with van der Waals surface area (Å²) in [4.78, 5) is 34.5. The number of aromatic nitrogens is 4. The Balaban J connectivity index is 1.37. The van der Waals surface area contributed by atoms with Crippen molar-refractivity contribution < 1.29 is 14.1 Å². The van der Waals surface area contributed by atoms with E-state index in [0.29, 0.717) is 38.4 Å². The van der Waals surface area contributed by atoms with E-state index in [9.17, 15) is 9.59 Å². The maximum atomic E-state index is 13.1. The normalized spacial score (nSPS) is 26.2. The number of hydrogen-bond donors (Lipinski definition) is 1. The first-order chi connectivity index (χ1) is 14.4. The van der Waals surface area contributed by atoms with Crippen LogP contribution in [0.2, 0.25) is 0 Å². The zero-order chi connectivity index (χ0) is 21.0. The summed E-state index contributed by atoms with van der Waals surface area (Å²) in [5.41, 5.74) is 1.36. The van der Waals surface area contributed by atoms with Gasteiger partial charge in [0.15, 0.2) is 5.82 Å². The van der Waals surface area contributed by atoms with Gasteiger partial charge in [0.2, 0.25) is 11.8 Å². The Morgan fingerprint density at radius 2 is 1.97 bits per heavy atom. The van der Waals surface area contributed by atoms with Gasteiger partial charge < -0.3 is 14.3 Å². The molecular formula is C21H28N6O3. The number of likely N-dealkylation sites (tertiary alicyclic amines) is 2. The number of aryl methyl sites for hydroxylation is 3. The highest BCUT2D eigenvalue weighted by molar-refractivity contribution is 5.82. The topological polar surface area (TPSA) is 108 Å². The number of nitrogens with zero attached hydrogens (tertiary/aromatic N) is 5. The molecule has 160 valence electrons. The highest BCUT2D eigenvalue weighted by Crippen LogP contribution is 2.45. The summed E-state index contributed by atoms with van der Waals surface area (Å²) >= 11 is 0. The lowest BCUT2D eigenvalue weighted by Crippen LogP contribution is -2.52. The van der Waals surface area contributed by atoms with Crippen LogP contribution in [0, 0.1) is 32.6 Å². The van der Waals surface area contributed by atoms with Gasteiger partial charge in [0.1, 0.15) is 11.6 Å². The number of piperidine rings is 1. The SMILES string of the molecule is Cc1nc([C@@]23CCN(C(=O)Cc4c(C)noc4C)C[C@@H]2CN(C(=O)C2CC2)C3)n[nH]1. The van der Waals surface area contributed by atoms with Crippen molar-refractivity contribution in [1.82, 2.24) is 30.1 Å². The molecule has 3 aliphatic rings. The van der Waals surface area contributed by atoms with Gasteiger partial charge in [-0.15, -0.1) is 0 Å². The van der Waals surface area contributed by atoms with Crippen molar-refractivity contribution >= 4 is 11.8 Å². The average Bonchev–Trinajstić information content (AvgIpc) is 3.25. The van der Waals surface area contributed by atoms with Crippen LogP contribution in [0.25, 0.3) is 0 Å². The molecule has 0 unspecified atom stereocenters. The third kappa shape index (κ3) is 3.11. The molecule has 2 amide bonds. The average molecular weight is 412 g/mol. The van der Waals surface area contributed by atoms with E-state index < -0.39 is 0 Å². The van der Waals surface area contributed by atoms with Gasteiger partial charge >= 0.3 is 0 Å². The molecular weight excluding hydrogens is 384 g/mol. The monoisotopic (exact) mass is 412 g/mol. The number of amides is 2. The lowest BCUT2D eigenvalue weighted by atomic mass is 9.71. The molecule has 9 heteroatoms. The molecule has 0 aromatic carbocycles. The number of H-pyrrole nitrogens is 1. The summed E-state index contributed by atoms with van der Waals surface area (Å²) in [6, 6.07) is 0. The molecule has 2 aromatic rings. The summed E-state index contributed by atoms with van der Waals surface area (Å²) in [5.74, 6) is 2.92. The van der Waals surface area contributed by atoms with Gasteiger partial charge in [-0.1, -0.05) is 5.16 Å². The second-order valence-corrected chi connectivity index (χ2v) is 9.16. The van der Waals surface area contributed by atoms with E-state index in [2.05, 4.69) is 20.3 Å². The molecule has 0 spiro atoms. The molecule has 3 fully saturated rings. The van der Waals surface area contributed by atoms with Gasteiger partial charge in [-0.2, -0.15) is 5.10 Å². The van der Waals surface area contributed by atoms with E-state index in [1.54, 1.807) is 0 Å². The van der Waals surface area contributed by atoms with Crippen molar-refractivity contribution in [2.75, 3.05) is 26.2 Å². The van der Waals surface area contributed by atoms with Crippen molar-refractivity contribution in [3.8, 4) is 0 Å². The molecule has 2 aliphatic heterocycles. The first-order valence-electron chi connectivity index (χ1n) is 10.7. The third-order valence-corrected chi connectivity index (χ3v) is 7.11. The van der Waals surface area contributed by atoms with Gasteiger partial charge in [0, 0.05) is 43.6 Å². The van der Waals surface area contributed by atoms with Crippen molar-refractivity contribution in [3.05, 3.63) is 28.7 Å². The number of carbonyl (C=O) groups is 2. The Bertz CT molecular complexity index is 973. The molecule has 30 heavy (non-hydrogen) atoms. The Morgan fingerprint density at radius 3 is 2.60 bits per heavy atom. The van der Waals surface area contributed by atoms with Gasteiger partial charge in [-0.25, -0.2) is 4.98 Å². The van der Waals surface area contributed by atoms with Gasteiger partial charge in [-0.05, 0) is 40.0 Å². The summed E-state index contributed by atoms with van der Waals surface area (Å²) in [5, 5.41) is 11.4. The first kappa shape index (κ1) is 19.3. The molecule has 4 heterocycles. The molecule has 5 rings (SSSR count). The molecule has 1 N–H and O–H groups in total. The Morgan fingerprint density at radius 1 is 1.20 bits per heavy atom. The largest absolute Gasteiger partial charge is 0.361 e. The smallest absolute Gasteiger partial charge is 0.227 e. The molecule has 2 aromatic heterocycles. The van der Waals surface area contributed by atoms with E-state index >= 15 is 0 Å². The van der Waals surface area contributed by atoms with Crippen LogP contribution in [0.5, 0.6) is 0 Å². The van der Waals surface area contributed by atoms with Crippen LogP contribution in [-0.2, 0) is 21.4 Å². The number of carbonyl (C=O) groups excluding carboxylic acids is 2. The quantitative estimate of drug-likeness (QED) is 0.811. The molecule has 1 saturated carbocycles. The van der Waals surface area contributed by atoms with Crippen molar-refractivity contribution in [1.29, 1.82) is 0 Å². The fraction of sp³-hybridized carbons (Fsp3) is 0.667. The maximum Gasteiger partial charge on any atom is 0.227 e. The molecule has 9 nitrogen and oxygen atoms in total. The Labute approximate surface area is 175 Å². The second-order valence-electron chi connectivity index (χ2n) is 9.16. The lowest BCUT2D eigenvalue weighted by Gasteiger charge is -2.41. The number of rotatable bonds is 4. The fourth-order valence-electron chi connectivity index (χ4n) is 5.11. The van der Waals surface area contributed by atoms with Crippen LogP contribution in [0.3, 0.4) is 0 Å². The maximum absolute atomic E-state index is 13.1. The fourth-order valence-corrected chi connectivity index (χ4v) is 5.11. The highest BCUT2D eigenvalue weighted by atomic mass is 16.5. The molecule has 0 radical (unpaired) electrons. The lowest BCUT2D eigenvalue weighted by molar-refractivity contribution is -0.133. The van der Waals surface area contributed by atoms with E-state index in [0.717, 1.165) is 42.2 Å². The molecule has 0 bridgehead atoms. The molecule has 1 aliphatic carbocycles. The zero-order valence-electron chi connectivity index (χ0n) is 17.8. The number of fused-ring (bicyclic) bond motifs is 1. The molecule has 2 atom stereocenters. The van der Waals surface area contributed by atoms with Crippen LogP contribution in [0.15, 0.2) is 4.52 Å². The first-order valence-corrected chi connectivity index (χ1v) is 10.7. The summed E-state index contributed by atoms with van der Waals surface area (Å²) < 4.78 is 5.21. The van der Waals surface area contributed by atoms with Crippen LogP contribution in [0.1, 0.15) is 47.9 Å². The summed E-state index contributed by atoms with van der Waals surface area (Å²) in [6.07, 6.45) is 3.05. The second kappa shape index (κ2) is 6.92. The summed E-state index contributed by atoms with van der Waals surface area (Å²) in [6.45, 7) is 8.17. The van der Waals surface area contributed by atoms with Crippen LogP contribution >= 0.6 is 0 Å². The van der Waals surface area contributed by atoms with E-state index in [1.807, 2.05) is 30.6 Å². The van der Waals surface area contributed by atoms with E-state index in [4.69, 9.17) is 4.52 Å². The van der Waals surface area contributed by atoms with Crippen molar-refractivity contribution in [3.63, 3.8) is 0 Å². The minimum absolute atomic E-state index is 0.0798. The summed E-state index contributed by atoms with van der Waals surface area (Å²) in [7, 11) is 0. The number of aromatic amines is 1. The van der Waals surface area contributed by atoms with E-state index in [-0.39, 0.29) is 29.1 Å². The minimum Gasteiger partial charge on any atom is -0.361 e. The van der Waals surface area contributed by atoms with Gasteiger partial charge in [0.25, 0.3) is 0 Å². The minimum atomic E-state index is -0.283. The van der Waals surface area contributed by atoms with Crippen LogP contribution in [-0.4, -0.2) is 68.1 Å². The zero-order valence-corrected chi connectivity index (χ0v) is 17.8. The van der Waals surface area contributed by atoms with Crippen molar-refractivity contribution in [2.24, 2.45) is 11.8 Å². The Kier molecular flexibility index (Phi) is 4.44. The van der Waals surface area contributed by atoms with Gasteiger partial charge in [0.05, 0.1) is 17.5 Å². The Hall–Kier alpha value is -2.71. The van der Waals surface area contributed by atoms with Crippen LogP contribution in [0.4, 0.5) is 0 Å². The van der Waals surface area contributed by atoms with Crippen molar-refractivity contribution in [2.45, 2.75) is 51.9 Å². The third-order valence-electron chi connectivity index (χ3n) is 7.11. The van der Waals surface area contributed by atoms with E-state index in [1.165, 1.54) is 0 Å². The number of hydrogen-bond acceptors (Lipinski definition) is 6.